The fourth-order valence-corrected chi connectivity index (χ4v) is 0.928. The largest absolute Gasteiger partial charge is 0.300 e. The van der Waals surface area contributed by atoms with Gasteiger partial charge in [0.05, 0.1) is 11.7 Å². The second-order valence-electron chi connectivity index (χ2n) is 2.10. The van der Waals surface area contributed by atoms with Crippen LogP contribution in [-0.2, 0) is 0 Å². The fraction of sp³-hybridized carbons (Fsp3) is 0.143. The molecule has 2 aromatic rings. The Balaban J connectivity index is 2.93. The predicted molar refractivity (Wildman–Crippen MR) is 36.6 cm³/mol. The van der Waals surface area contributed by atoms with E-state index in [0.29, 0.717) is 0 Å². The van der Waals surface area contributed by atoms with Gasteiger partial charge in [-0.25, -0.2) is 4.98 Å². The van der Waals surface area contributed by atoms with Gasteiger partial charge in [0.2, 0.25) is 0 Å². The first kappa shape index (κ1) is 5.41. The van der Waals surface area contributed by atoms with Crippen molar-refractivity contribution in [3.8, 4) is 0 Å². The van der Waals surface area contributed by atoms with Crippen LogP contribution in [0.5, 0.6) is 0 Å². The van der Waals surface area contributed by atoms with Crippen LogP contribution in [0, 0.1) is 13.1 Å². The summed E-state index contributed by atoms with van der Waals surface area (Å²) in [6.45, 7) is 1.95. The monoisotopic (exact) mass is 132 g/mol. The van der Waals surface area contributed by atoms with Crippen LogP contribution in [0.1, 0.15) is 5.82 Å². The molecule has 0 N–H and O–H groups in total. The van der Waals surface area contributed by atoms with Crippen molar-refractivity contribution in [2.24, 2.45) is 0 Å². The molecule has 0 unspecified atom stereocenters. The lowest BCUT2D eigenvalue weighted by Gasteiger charge is -1.90. The van der Waals surface area contributed by atoms with Crippen LogP contribution in [0.3, 0.4) is 0 Å². The first-order valence-corrected chi connectivity index (χ1v) is 3.04. The van der Waals surface area contributed by atoms with Gasteiger partial charge < -0.3 is 4.40 Å². The molecule has 0 saturated carbocycles. The lowest BCUT2D eigenvalue weighted by molar-refractivity contribution is 1.03. The average molecular weight is 132 g/mol. The Hall–Kier alpha value is -1.38. The number of imidazole rings is 1. The van der Waals surface area contributed by atoms with Crippen molar-refractivity contribution in [1.82, 2.24) is 14.4 Å². The predicted octanol–water partition coefficient (Wildman–Crippen LogP) is 0.838. The van der Waals surface area contributed by atoms with Gasteiger partial charge in [-0.3, -0.25) is 4.98 Å². The molecule has 0 aliphatic carbocycles. The van der Waals surface area contributed by atoms with E-state index in [-0.39, 0.29) is 0 Å². The third-order valence-corrected chi connectivity index (χ3v) is 1.45. The quantitative estimate of drug-likeness (QED) is 0.531. The molecule has 2 rings (SSSR count). The number of hydrogen-bond donors (Lipinski definition) is 0. The van der Waals surface area contributed by atoms with E-state index in [0.717, 1.165) is 11.3 Å². The van der Waals surface area contributed by atoms with E-state index in [1.54, 1.807) is 12.4 Å². The van der Waals surface area contributed by atoms with Gasteiger partial charge in [0.1, 0.15) is 12.0 Å². The first-order chi connectivity index (χ1) is 4.88. The summed E-state index contributed by atoms with van der Waals surface area (Å²) >= 11 is 0. The molecule has 0 amide bonds. The average Bonchev–Trinajstić information content (AvgIpc) is 2.34. The third kappa shape index (κ3) is 0.603. The van der Waals surface area contributed by atoms with Crippen LogP contribution in [0.25, 0.3) is 5.52 Å². The van der Waals surface area contributed by atoms with Gasteiger partial charge in [-0.1, -0.05) is 0 Å². The third-order valence-electron chi connectivity index (χ3n) is 1.45. The Morgan fingerprint density at radius 1 is 1.60 bits per heavy atom. The molecular formula is C7H6N3. The van der Waals surface area contributed by atoms with Gasteiger partial charge in [0.25, 0.3) is 0 Å². The highest BCUT2D eigenvalue weighted by Gasteiger charge is 1.94. The number of rotatable bonds is 0. The Kier molecular flexibility index (Phi) is 0.974. The van der Waals surface area contributed by atoms with E-state index < -0.39 is 0 Å². The highest BCUT2D eigenvalue weighted by atomic mass is 15.0. The van der Waals surface area contributed by atoms with E-state index in [9.17, 15) is 0 Å². The molecule has 0 saturated heterocycles. The summed E-state index contributed by atoms with van der Waals surface area (Å²) in [5, 5.41) is 0. The topological polar surface area (TPSA) is 30.2 Å². The molecule has 2 heterocycles. The van der Waals surface area contributed by atoms with Crippen LogP contribution >= 0.6 is 0 Å². The summed E-state index contributed by atoms with van der Waals surface area (Å²) in [5.74, 6) is 0.966. The molecular weight excluding hydrogens is 126 g/mol. The lowest BCUT2D eigenvalue weighted by atomic mass is 10.6. The molecule has 2 aromatic heterocycles. The zero-order chi connectivity index (χ0) is 6.97. The minimum Gasteiger partial charge on any atom is -0.300 e. The fourth-order valence-electron chi connectivity index (χ4n) is 0.928. The zero-order valence-corrected chi connectivity index (χ0v) is 5.57. The molecule has 0 aliphatic heterocycles. The van der Waals surface area contributed by atoms with Crippen molar-refractivity contribution in [1.29, 1.82) is 0 Å². The van der Waals surface area contributed by atoms with E-state index in [4.69, 9.17) is 0 Å². The molecule has 49 valence electrons. The smallest absolute Gasteiger partial charge is 0.116 e. The lowest BCUT2D eigenvalue weighted by Crippen LogP contribution is -1.86. The van der Waals surface area contributed by atoms with Crippen LogP contribution in [0.2, 0.25) is 0 Å². The highest BCUT2D eigenvalue weighted by Crippen LogP contribution is 2.00. The van der Waals surface area contributed by atoms with Crippen molar-refractivity contribution in [2.45, 2.75) is 6.92 Å². The van der Waals surface area contributed by atoms with Gasteiger partial charge in [-0.2, -0.15) is 0 Å². The molecule has 0 atom stereocenters. The molecule has 0 spiro atoms. The molecule has 0 aliphatic rings. The molecule has 3 nitrogen and oxygen atoms in total. The van der Waals surface area contributed by atoms with Gasteiger partial charge in [-0.15, -0.1) is 0 Å². The van der Waals surface area contributed by atoms with Crippen molar-refractivity contribution in [2.75, 3.05) is 0 Å². The summed E-state index contributed by atoms with van der Waals surface area (Å²) < 4.78 is 1.94. The minimum absolute atomic E-state index is 0.917. The van der Waals surface area contributed by atoms with E-state index in [1.165, 1.54) is 0 Å². The molecule has 0 aromatic carbocycles. The Morgan fingerprint density at radius 2 is 2.50 bits per heavy atom. The molecule has 10 heavy (non-hydrogen) atoms. The molecule has 1 radical (unpaired) electrons. The molecule has 0 bridgehead atoms. The van der Waals surface area contributed by atoms with Gasteiger partial charge in [-0.05, 0) is 6.92 Å². The van der Waals surface area contributed by atoms with E-state index >= 15 is 0 Å². The Labute approximate surface area is 58.4 Å². The van der Waals surface area contributed by atoms with Gasteiger partial charge in [0, 0.05) is 12.4 Å². The molecule has 0 fully saturated rings. The maximum Gasteiger partial charge on any atom is 0.116 e. The van der Waals surface area contributed by atoms with Crippen molar-refractivity contribution in [3.63, 3.8) is 0 Å². The van der Waals surface area contributed by atoms with Crippen LogP contribution in [-0.4, -0.2) is 14.4 Å². The summed E-state index contributed by atoms with van der Waals surface area (Å²) in [4.78, 5) is 7.93. The van der Waals surface area contributed by atoms with Crippen LogP contribution in [0.4, 0.5) is 0 Å². The Morgan fingerprint density at radius 3 is 3.30 bits per heavy atom. The summed E-state index contributed by atoms with van der Waals surface area (Å²) in [5.41, 5.74) is 0.917. The standard InChI is InChI=1S/C7H6N3/c1-6-9-5-7-4-8-2-3-10(6)7/h2-3,5H,1H3. The summed E-state index contributed by atoms with van der Waals surface area (Å²) in [7, 11) is 0. The summed E-state index contributed by atoms with van der Waals surface area (Å²) in [6.07, 6.45) is 8.14. The number of hydrogen-bond acceptors (Lipinski definition) is 2. The van der Waals surface area contributed by atoms with E-state index in [2.05, 4.69) is 16.2 Å². The SMILES string of the molecule is Cc1ncc2[c]nccn12. The summed E-state index contributed by atoms with van der Waals surface area (Å²) in [6, 6.07) is 0. The maximum absolute atomic E-state index is 4.09. The normalized spacial score (nSPS) is 10.5. The second-order valence-corrected chi connectivity index (χ2v) is 2.10. The number of aromatic nitrogens is 3. The van der Waals surface area contributed by atoms with Crippen molar-refractivity contribution < 1.29 is 0 Å². The zero-order valence-electron chi connectivity index (χ0n) is 5.57. The van der Waals surface area contributed by atoms with Gasteiger partial charge >= 0.3 is 0 Å². The first-order valence-electron chi connectivity index (χ1n) is 3.04. The number of fused-ring (bicyclic) bond motifs is 1. The van der Waals surface area contributed by atoms with Crippen LogP contribution < -0.4 is 0 Å². The highest BCUT2D eigenvalue weighted by molar-refractivity contribution is 5.41. The Bertz CT molecular complexity index is 350. The number of aryl methyl sites for hydroxylation is 1. The van der Waals surface area contributed by atoms with Crippen molar-refractivity contribution in [3.05, 3.63) is 30.6 Å². The van der Waals surface area contributed by atoms with Gasteiger partial charge in [0.15, 0.2) is 0 Å². The van der Waals surface area contributed by atoms with E-state index in [1.807, 2.05) is 17.5 Å². The van der Waals surface area contributed by atoms with Crippen molar-refractivity contribution >= 4 is 5.52 Å². The van der Waals surface area contributed by atoms with Crippen LogP contribution in [0.15, 0.2) is 18.6 Å². The maximum atomic E-state index is 4.09. The number of nitrogens with zero attached hydrogens (tertiary/aromatic N) is 3. The molecule has 3 heteroatoms. The minimum atomic E-state index is 0.917. The second kappa shape index (κ2) is 1.80.